The van der Waals surface area contributed by atoms with E-state index in [0.717, 1.165) is 0 Å². The first kappa shape index (κ1) is 14.9. The number of hydrogen-bond acceptors (Lipinski definition) is 5. The second-order valence-electron chi connectivity index (χ2n) is 4.62. The normalized spacial score (nSPS) is 10.3. The minimum absolute atomic E-state index is 0.111. The van der Waals surface area contributed by atoms with Gasteiger partial charge >= 0.3 is 5.97 Å². The van der Waals surface area contributed by atoms with Gasteiger partial charge in [-0.05, 0) is 5.92 Å². The summed E-state index contributed by atoms with van der Waals surface area (Å²) >= 11 is 0. The van der Waals surface area contributed by atoms with Gasteiger partial charge in [0.25, 0.3) is 0 Å². The number of carbonyl (C=O) groups is 2. The molecule has 0 saturated heterocycles. The summed E-state index contributed by atoms with van der Waals surface area (Å²) < 4.78 is 0. The summed E-state index contributed by atoms with van der Waals surface area (Å²) in [6.07, 6.45) is 2.50. The Balaban J connectivity index is 2.55. The number of anilines is 1. The van der Waals surface area contributed by atoms with E-state index in [9.17, 15) is 9.59 Å². The Labute approximate surface area is 111 Å². The number of aromatic nitrogens is 2. The van der Waals surface area contributed by atoms with Crippen LogP contribution in [0.2, 0.25) is 0 Å². The van der Waals surface area contributed by atoms with Gasteiger partial charge in [0, 0.05) is 13.6 Å². The van der Waals surface area contributed by atoms with Gasteiger partial charge in [-0.15, -0.1) is 0 Å². The molecule has 0 aliphatic rings. The highest BCUT2D eigenvalue weighted by molar-refractivity contribution is 5.85. The average molecular weight is 266 g/mol. The summed E-state index contributed by atoms with van der Waals surface area (Å²) in [4.78, 5) is 31.5. The smallest absolute Gasteiger partial charge is 0.356 e. The fourth-order valence-corrected chi connectivity index (χ4v) is 1.30. The Kier molecular flexibility index (Phi) is 5.23. The van der Waals surface area contributed by atoms with E-state index in [0.29, 0.717) is 18.3 Å². The molecule has 0 spiro atoms. The molecule has 1 heterocycles. The van der Waals surface area contributed by atoms with Crippen LogP contribution in [0.3, 0.4) is 0 Å². The van der Waals surface area contributed by atoms with E-state index in [4.69, 9.17) is 5.11 Å². The Morgan fingerprint density at radius 1 is 1.37 bits per heavy atom. The number of rotatable bonds is 6. The zero-order valence-electron chi connectivity index (χ0n) is 11.3. The van der Waals surface area contributed by atoms with Crippen LogP contribution in [0, 0.1) is 5.92 Å². The number of likely N-dealkylation sites (N-methyl/N-ethyl adjacent to an activating group) is 1. The van der Waals surface area contributed by atoms with Crippen molar-refractivity contribution in [2.24, 2.45) is 5.92 Å². The zero-order chi connectivity index (χ0) is 14.4. The number of aromatic carboxylic acids is 1. The number of carboxylic acid groups (broad SMARTS) is 1. The molecule has 1 aromatic rings. The highest BCUT2D eigenvalue weighted by atomic mass is 16.4. The minimum Gasteiger partial charge on any atom is -0.476 e. The molecule has 104 valence electrons. The molecule has 1 rings (SSSR count). The molecule has 0 atom stereocenters. The molecule has 0 saturated carbocycles. The standard InChI is InChI=1S/C12H18N4O3/c1-8(2)4-15-11(17)7-16(3)10-6-13-9(5-14-10)12(18)19/h5-6,8H,4,7H2,1-3H3,(H,15,17)(H,18,19). The Morgan fingerprint density at radius 3 is 2.53 bits per heavy atom. The summed E-state index contributed by atoms with van der Waals surface area (Å²) in [7, 11) is 1.69. The van der Waals surface area contributed by atoms with Crippen LogP contribution in [0.5, 0.6) is 0 Å². The van der Waals surface area contributed by atoms with Crippen LogP contribution in [-0.2, 0) is 4.79 Å². The van der Waals surface area contributed by atoms with E-state index in [1.165, 1.54) is 12.4 Å². The Morgan fingerprint density at radius 2 is 2.05 bits per heavy atom. The van der Waals surface area contributed by atoms with Gasteiger partial charge in [-0.2, -0.15) is 0 Å². The fraction of sp³-hybridized carbons (Fsp3) is 0.500. The first-order valence-electron chi connectivity index (χ1n) is 5.93. The lowest BCUT2D eigenvalue weighted by atomic mass is 10.2. The van der Waals surface area contributed by atoms with Crippen molar-refractivity contribution in [3.05, 3.63) is 18.1 Å². The fourth-order valence-electron chi connectivity index (χ4n) is 1.30. The van der Waals surface area contributed by atoms with E-state index in [2.05, 4.69) is 15.3 Å². The summed E-state index contributed by atoms with van der Waals surface area (Å²) in [6, 6.07) is 0. The van der Waals surface area contributed by atoms with Crippen LogP contribution >= 0.6 is 0 Å². The molecule has 7 heteroatoms. The molecule has 7 nitrogen and oxygen atoms in total. The molecular weight excluding hydrogens is 248 g/mol. The second kappa shape index (κ2) is 6.67. The Hall–Kier alpha value is -2.18. The monoisotopic (exact) mass is 266 g/mol. The van der Waals surface area contributed by atoms with Crippen molar-refractivity contribution in [1.82, 2.24) is 15.3 Å². The van der Waals surface area contributed by atoms with Crippen LogP contribution in [-0.4, -0.2) is 47.1 Å². The number of nitrogens with one attached hydrogen (secondary N) is 1. The Bertz CT molecular complexity index is 445. The highest BCUT2D eigenvalue weighted by Gasteiger charge is 2.11. The van der Waals surface area contributed by atoms with Gasteiger partial charge in [-0.1, -0.05) is 13.8 Å². The van der Waals surface area contributed by atoms with Crippen LogP contribution in [0.1, 0.15) is 24.3 Å². The predicted molar refractivity (Wildman–Crippen MR) is 70.1 cm³/mol. The molecule has 2 N–H and O–H groups in total. The van der Waals surface area contributed by atoms with Gasteiger partial charge in [-0.3, -0.25) is 4.79 Å². The van der Waals surface area contributed by atoms with Crippen molar-refractivity contribution in [2.45, 2.75) is 13.8 Å². The quantitative estimate of drug-likeness (QED) is 0.773. The number of hydrogen-bond donors (Lipinski definition) is 2. The van der Waals surface area contributed by atoms with Gasteiger partial charge in [0.15, 0.2) is 5.69 Å². The van der Waals surface area contributed by atoms with Gasteiger partial charge in [0.1, 0.15) is 5.82 Å². The van der Waals surface area contributed by atoms with Crippen molar-refractivity contribution in [3.63, 3.8) is 0 Å². The SMILES string of the molecule is CC(C)CNC(=O)CN(C)c1cnc(C(=O)O)cn1. The molecule has 19 heavy (non-hydrogen) atoms. The van der Waals surface area contributed by atoms with Crippen LogP contribution in [0.4, 0.5) is 5.82 Å². The van der Waals surface area contributed by atoms with Gasteiger partial charge in [0.2, 0.25) is 5.91 Å². The molecule has 0 aliphatic carbocycles. The second-order valence-corrected chi connectivity index (χ2v) is 4.62. The summed E-state index contributed by atoms with van der Waals surface area (Å²) in [5.74, 6) is -0.398. The number of nitrogens with zero attached hydrogens (tertiary/aromatic N) is 3. The first-order valence-corrected chi connectivity index (χ1v) is 5.93. The lowest BCUT2D eigenvalue weighted by Gasteiger charge is -2.17. The lowest BCUT2D eigenvalue weighted by molar-refractivity contribution is -0.119. The third-order valence-electron chi connectivity index (χ3n) is 2.34. The molecule has 0 bridgehead atoms. The van der Waals surface area contributed by atoms with Crippen molar-refractivity contribution >= 4 is 17.7 Å². The van der Waals surface area contributed by atoms with Crippen LogP contribution in [0.25, 0.3) is 0 Å². The average Bonchev–Trinajstić information content (AvgIpc) is 2.36. The van der Waals surface area contributed by atoms with Crippen LogP contribution < -0.4 is 10.2 Å². The summed E-state index contributed by atoms with van der Waals surface area (Å²) in [5, 5.41) is 11.5. The first-order chi connectivity index (χ1) is 8.90. The zero-order valence-corrected chi connectivity index (χ0v) is 11.3. The maximum absolute atomic E-state index is 11.6. The number of amides is 1. The van der Waals surface area contributed by atoms with E-state index in [-0.39, 0.29) is 18.1 Å². The van der Waals surface area contributed by atoms with Crippen molar-refractivity contribution < 1.29 is 14.7 Å². The van der Waals surface area contributed by atoms with E-state index in [1.54, 1.807) is 11.9 Å². The molecule has 1 aromatic heterocycles. The molecule has 0 fully saturated rings. The molecule has 0 aliphatic heterocycles. The maximum atomic E-state index is 11.6. The maximum Gasteiger partial charge on any atom is 0.356 e. The highest BCUT2D eigenvalue weighted by Crippen LogP contribution is 2.06. The largest absolute Gasteiger partial charge is 0.476 e. The van der Waals surface area contributed by atoms with Crippen molar-refractivity contribution in [2.75, 3.05) is 25.0 Å². The van der Waals surface area contributed by atoms with E-state index < -0.39 is 5.97 Å². The minimum atomic E-state index is -1.13. The molecule has 0 aromatic carbocycles. The summed E-state index contributed by atoms with van der Waals surface area (Å²) in [5.41, 5.74) is -0.124. The number of carbonyl (C=O) groups excluding carboxylic acids is 1. The molecule has 0 radical (unpaired) electrons. The third-order valence-corrected chi connectivity index (χ3v) is 2.34. The van der Waals surface area contributed by atoms with E-state index in [1.807, 2.05) is 13.8 Å². The third kappa shape index (κ3) is 4.90. The van der Waals surface area contributed by atoms with Gasteiger partial charge in [-0.25, -0.2) is 14.8 Å². The lowest BCUT2D eigenvalue weighted by Crippen LogP contribution is -2.37. The topological polar surface area (TPSA) is 95.4 Å². The number of carboxylic acids is 1. The molecule has 0 unspecified atom stereocenters. The van der Waals surface area contributed by atoms with Crippen molar-refractivity contribution in [3.8, 4) is 0 Å². The molecular formula is C12H18N4O3. The van der Waals surface area contributed by atoms with E-state index >= 15 is 0 Å². The predicted octanol–water partition coefficient (Wildman–Crippen LogP) is 0.383. The van der Waals surface area contributed by atoms with Crippen LogP contribution in [0.15, 0.2) is 12.4 Å². The summed E-state index contributed by atoms with van der Waals surface area (Å²) in [6.45, 7) is 4.80. The van der Waals surface area contributed by atoms with Gasteiger partial charge < -0.3 is 15.3 Å². The van der Waals surface area contributed by atoms with Gasteiger partial charge in [0.05, 0.1) is 18.9 Å². The van der Waals surface area contributed by atoms with Crippen molar-refractivity contribution in [1.29, 1.82) is 0 Å². The molecule has 1 amide bonds.